The van der Waals surface area contributed by atoms with Crippen LogP contribution >= 0.6 is 15.9 Å². The molecule has 0 atom stereocenters. The largest absolute Gasteiger partial charge is 0.392 e. The first-order chi connectivity index (χ1) is 5.29. The molecule has 0 saturated heterocycles. The number of hydrogen-bond donors (Lipinski definition) is 3. The Bertz CT molecular complexity index is 252. The highest BCUT2D eigenvalue weighted by Gasteiger charge is 2.02. The number of nitrogen functional groups attached to an aromatic ring is 1. The number of aliphatic hydroxyl groups is 1. The Morgan fingerprint density at radius 3 is 2.73 bits per heavy atom. The number of hydrazine groups is 1. The molecule has 0 unspecified atom stereocenters. The molecule has 0 aliphatic carbocycles. The van der Waals surface area contributed by atoms with E-state index in [-0.39, 0.29) is 6.61 Å². The van der Waals surface area contributed by atoms with E-state index >= 15 is 0 Å². The first-order valence-electron chi connectivity index (χ1n) is 3.14. The summed E-state index contributed by atoms with van der Waals surface area (Å²) in [7, 11) is 0. The molecule has 0 aromatic heterocycles. The molecule has 0 radical (unpaired) electrons. The Morgan fingerprint density at radius 1 is 1.55 bits per heavy atom. The van der Waals surface area contributed by atoms with Crippen molar-refractivity contribution in [2.75, 3.05) is 5.43 Å². The molecular weight excluding hydrogens is 208 g/mol. The van der Waals surface area contributed by atoms with Gasteiger partial charge < -0.3 is 10.5 Å². The van der Waals surface area contributed by atoms with E-state index in [9.17, 15) is 0 Å². The summed E-state index contributed by atoms with van der Waals surface area (Å²) >= 11 is 3.29. The molecule has 0 saturated carbocycles. The number of benzene rings is 1. The molecule has 1 rings (SSSR count). The number of rotatable bonds is 2. The Kier molecular flexibility index (Phi) is 2.87. The van der Waals surface area contributed by atoms with Gasteiger partial charge >= 0.3 is 0 Å². The summed E-state index contributed by atoms with van der Waals surface area (Å²) in [5.74, 6) is 5.21. The summed E-state index contributed by atoms with van der Waals surface area (Å²) in [6.45, 7) is -0.0268. The lowest BCUT2D eigenvalue weighted by Gasteiger charge is -2.07. The van der Waals surface area contributed by atoms with Gasteiger partial charge in [-0.15, -0.1) is 0 Å². The van der Waals surface area contributed by atoms with Gasteiger partial charge in [0.05, 0.1) is 12.3 Å². The standard InChI is InChI=1S/C7H9BrN2O/c8-6-2-1-3-7(10-9)5(6)4-11/h1-3,10-11H,4,9H2. The SMILES string of the molecule is NNc1cccc(Br)c1CO. The smallest absolute Gasteiger partial charge is 0.0713 e. The third-order valence-electron chi connectivity index (χ3n) is 1.43. The third-order valence-corrected chi connectivity index (χ3v) is 2.18. The van der Waals surface area contributed by atoms with Gasteiger partial charge in [0.2, 0.25) is 0 Å². The van der Waals surface area contributed by atoms with Gasteiger partial charge in [-0.25, -0.2) is 0 Å². The summed E-state index contributed by atoms with van der Waals surface area (Å²) in [4.78, 5) is 0. The van der Waals surface area contributed by atoms with E-state index in [4.69, 9.17) is 10.9 Å². The van der Waals surface area contributed by atoms with E-state index in [0.29, 0.717) is 0 Å². The zero-order valence-electron chi connectivity index (χ0n) is 5.84. The second-order valence-corrected chi connectivity index (χ2v) is 2.92. The maximum atomic E-state index is 8.90. The van der Waals surface area contributed by atoms with E-state index in [1.165, 1.54) is 0 Å². The minimum atomic E-state index is -0.0268. The highest BCUT2D eigenvalue weighted by Crippen LogP contribution is 2.23. The quantitative estimate of drug-likeness (QED) is 0.515. The Hall–Kier alpha value is -0.580. The van der Waals surface area contributed by atoms with Crippen molar-refractivity contribution in [3.63, 3.8) is 0 Å². The van der Waals surface area contributed by atoms with Crippen LogP contribution in [-0.2, 0) is 6.61 Å². The first kappa shape index (κ1) is 8.52. The zero-order valence-corrected chi connectivity index (χ0v) is 7.43. The lowest BCUT2D eigenvalue weighted by Crippen LogP contribution is -2.09. The highest BCUT2D eigenvalue weighted by molar-refractivity contribution is 9.10. The molecule has 0 fully saturated rings. The fraction of sp³-hybridized carbons (Fsp3) is 0.143. The normalized spacial score (nSPS) is 9.73. The predicted octanol–water partition coefficient (Wildman–Crippen LogP) is 1.23. The van der Waals surface area contributed by atoms with Crippen molar-refractivity contribution in [1.29, 1.82) is 0 Å². The molecule has 11 heavy (non-hydrogen) atoms. The molecule has 60 valence electrons. The summed E-state index contributed by atoms with van der Waals surface area (Å²) in [5, 5.41) is 8.90. The number of nitrogens with two attached hydrogens (primary N) is 1. The van der Waals surface area contributed by atoms with Crippen LogP contribution in [0.15, 0.2) is 22.7 Å². The van der Waals surface area contributed by atoms with Gasteiger partial charge in [0.15, 0.2) is 0 Å². The fourth-order valence-electron chi connectivity index (χ4n) is 0.855. The second kappa shape index (κ2) is 3.71. The van der Waals surface area contributed by atoms with Gasteiger partial charge in [-0.2, -0.15) is 0 Å². The van der Waals surface area contributed by atoms with Crippen LogP contribution in [0.25, 0.3) is 0 Å². The van der Waals surface area contributed by atoms with Crippen LogP contribution in [0.3, 0.4) is 0 Å². The van der Waals surface area contributed by atoms with Gasteiger partial charge in [-0.05, 0) is 12.1 Å². The average Bonchev–Trinajstić information content (AvgIpc) is 2.04. The van der Waals surface area contributed by atoms with Crippen molar-refractivity contribution < 1.29 is 5.11 Å². The molecule has 1 aromatic rings. The first-order valence-corrected chi connectivity index (χ1v) is 3.93. The maximum Gasteiger partial charge on any atom is 0.0713 e. The number of halogens is 1. The third kappa shape index (κ3) is 1.71. The van der Waals surface area contributed by atoms with Crippen LogP contribution in [0.4, 0.5) is 5.69 Å². The number of anilines is 1. The van der Waals surface area contributed by atoms with Gasteiger partial charge in [0, 0.05) is 10.0 Å². The van der Waals surface area contributed by atoms with E-state index in [1.54, 1.807) is 6.07 Å². The summed E-state index contributed by atoms with van der Waals surface area (Å²) < 4.78 is 0.857. The van der Waals surface area contributed by atoms with Gasteiger partial charge in [-0.1, -0.05) is 22.0 Å². The molecule has 0 amide bonds. The zero-order chi connectivity index (χ0) is 8.27. The van der Waals surface area contributed by atoms with Crippen molar-refractivity contribution in [3.8, 4) is 0 Å². The van der Waals surface area contributed by atoms with Gasteiger partial charge in [0.25, 0.3) is 0 Å². The molecule has 0 bridgehead atoms. The van der Waals surface area contributed by atoms with Crippen molar-refractivity contribution >= 4 is 21.6 Å². The minimum absolute atomic E-state index is 0.0268. The summed E-state index contributed by atoms with van der Waals surface area (Å²) in [6, 6.07) is 5.50. The number of hydrogen-bond acceptors (Lipinski definition) is 3. The number of nitrogens with one attached hydrogen (secondary N) is 1. The Balaban J connectivity index is 3.13. The molecular formula is C7H9BrN2O. The lowest BCUT2D eigenvalue weighted by atomic mass is 10.2. The molecule has 1 aromatic carbocycles. The predicted molar refractivity (Wildman–Crippen MR) is 47.9 cm³/mol. The van der Waals surface area contributed by atoms with E-state index in [2.05, 4.69) is 21.4 Å². The summed E-state index contributed by atoms with van der Waals surface area (Å²) in [6.07, 6.45) is 0. The summed E-state index contributed by atoms with van der Waals surface area (Å²) in [5.41, 5.74) is 4.01. The van der Waals surface area contributed by atoms with Crippen LogP contribution in [0, 0.1) is 0 Å². The molecule has 3 nitrogen and oxygen atoms in total. The van der Waals surface area contributed by atoms with Crippen LogP contribution in [0.2, 0.25) is 0 Å². The maximum absolute atomic E-state index is 8.90. The molecule has 0 aliphatic heterocycles. The highest BCUT2D eigenvalue weighted by atomic mass is 79.9. The molecule has 4 heteroatoms. The molecule has 0 heterocycles. The molecule has 4 N–H and O–H groups in total. The topological polar surface area (TPSA) is 58.3 Å². The van der Waals surface area contributed by atoms with Crippen LogP contribution in [0.5, 0.6) is 0 Å². The Morgan fingerprint density at radius 2 is 2.27 bits per heavy atom. The van der Waals surface area contributed by atoms with Gasteiger partial charge in [-0.3, -0.25) is 5.84 Å². The monoisotopic (exact) mass is 216 g/mol. The minimum Gasteiger partial charge on any atom is -0.392 e. The van der Waals surface area contributed by atoms with Crippen LogP contribution in [-0.4, -0.2) is 5.11 Å². The molecule has 0 aliphatic rings. The van der Waals surface area contributed by atoms with Crippen LogP contribution < -0.4 is 11.3 Å². The van der Waals surface area contributed by atoms with Gasteiger partial charge in [0.1, 0.15) is 0 Å². The lowest BCUT2D eigenvalue weighted by molar-refractivity contribution is 0.281. The van der Waals surface area contributed by atoms with E-state index in [1.807, 2.05) is 12.1 Å². The average molecular weight is 217 g/mol. The van der Waals surface area contributed by atoms with Crippen molar-refractivity contribution in [1.82, 2.24) is 0 Å². The van der Waals surface area contributed by atoms with E-state index < -0.39 is 0 Å². The fourth-order valence-corrected chi connectivity index (χ4v) is 1.35. The number of aliphatic hydroxyl groups excluding tert-OH is 1. The Labute approximate surface area is 73.3 Å². The van der Waals surface area contributed by atoms with Crippen LogP contribution in [0.1, 0.15) is 5.56 Å². The van der Waals surface area contributed by atoms with Crippen molar-refractivity contribution in [3.05, 3.63) is 28.2 Å². The van der Waals surface area contributed by atoms with Crippen molar-refractivity contribution in [2.24, 2.45) is 5.84 Å². The second-order valence-electron chi connectivity index (χ2n) is 2.07. The van der Waals surface area contributed by atoms with Crippen molar-refractivity contribution in [2.45, 2.75) is 6.61 Å². The molecule has 0 spiro atoms. The van der Waals surface area contributed by atoms with E-state index in [0.717, 1.165) is 15.7 Å².